The molecule has 0 amide bonds. The summed E-state index contributed by atoms with van der Waals surface area (Å²) < 4.78 is 0. The molecule has 1 unspecified atom stereocenters. The van der Waals surface area contributed by atoms with E-state index >= 15 is 0 Å². The fourth-order valence-electron chi connectivity index (χ4n) is 3.27. The number of Topliss-reactive ketones (excluding diaryl/α,β-unsaturated/α-hetero) is 1. The van der Waals surface area contributed by atoms with Crippen LogP contribution in [0, 0.1) is 17.8 Å². The third-order valence-electron chi connectivity index (χ3n) is 4.87. The van der Waals surface area contributed by atoms with E-state index in [2.05, 4.69) is 13.8 Å². The normalized spacial score (nSPS) is 20.5. The standard InChI is InChI=1S/C17H32O2/c1-4-16(18)11-10-15(13(2)3)12-17(19)14-8-6-5-7-9-14/h13-15,17,19H,4-12H2,1-3H3/t15-,17?/m0/s1. The van der Waals surface area contributed by atoms with Gasteiger partial charge in [-0.1, -0.05) is 40.0 Å². The molecule has 2 nitrogen and oxygen atoms in total. The molecule has 0 aliphatic heterocycles. The van der Waals surface area contributed by atoms with Gasteiger partial charge in [0.05, 0.1) is 6.10 Å². The Bertz CT molecular complexity index is 254. The maximum absolute atomic E-state index is 11.5. The summed E-state index contributed by atoms with van der Waals surface area (Å²) in [5.41, 5.74) is 0. The Morgan fingerprint density at radius 3 is 2.37 bits per heavy atom. The van der Waals surface area contributed by atoms with Crippen LogP contribution >= 0.6 is 0 Å². The first-order valence-corrected chi connectivity index (χ1v) is 8.24. The largest absolute Gasteiger partial charge is 0.393 e. The van der Waals surface area contributed by atoms with Crippen LogP contribution in [0.2, 0.25) is 0 Å². The van der Waals surface area contributed by atoms with Gasteiger partial charge in [0, 0.05) is 12.8 Å². The van der Waals surface area contributed by atoms with Crippen LogP contribution in [0.1, 0.15) is 78.6 Å². The van der Waals surface area contributed by atoms with Gasteiger partial charge in [0.1, 0.15) is 5.78 Å². The Morgan fingerprint density at radius 2 is 1.84 bits per heavy atom. The van der Waals surface area contributed by atoms with Crippen molar-refractivity contribution in [2.24, 2.45) is 17.8 Å². The Balaban J connectivity index is 2.40. The summed E-state index contributed by atoms with van der Waals surface area (Å²) in [4.78, 5) is 11.5. The second-order valence-electron chi connectivity index (χ2n) is 6.64. The molecule has 19 heavy (non-hydrogen) atoms. The second-order valence-corrected chi connectivity index (χ2v) is 6.64. The molecule has 1 aliphatic rings. The minimum atomic E-state index is -0.149. The molecule has 0 aromatic carbocycles. The molecular weight excluding hydrogens is 236 g/mol. The average Bonchev–Trinajstić information content (AvgIpc) is 2.43. The molecular formula is C17H32O2. The van der Waals surface area contributed by atoms with Gasteiger partial charge in [-0.25, -0.2) is 0 Å². The summed E-state index contributed by atoms with van der Waals surface area (Å²) in [7, 11) is 0. The van der Waals surface area contributed by atoms with Crippen LogP contribution in [0.15, 0.2) is 0 Å². The fourth-order valence-corrected chi connectivity index (χ4v) is 3.27. The maximum Gasteiger partial charge on any atom is 0.132 e. The number of carbonyl (C=O) groups excluding carboxylic acids is 1. The number of aliphatic hydroxyl groups excluding tert-OH is 1. The molecule has 112 valence electrons. The van der Waals surface area contributed by atoms with Gasteiger partial charge in [0.15, 0.2) is 0 Å². The van der Waals surface area contributed by atoms with Crippen LogP contribution in [0.3, 0.4) is 0 Å². The average molecular weight is 268 g/mol. The lowest BCUT2D eigenvalue weighted by Crippen LogP contribution is -2.27. The van der Waals surface area contributed by atoms with Gasteiger partial charge >= 0.3 is 0 Å². The maximum atomic E-state index is 11.5. The van der Waals surface area contributed by atoms with E-state index in [1.54, 1.807) is 0 Å². The quantitative estimate of drug-likeness (QED) is 0.710. The van der Waals surface area contributed by atoms with E-state index in [-0.39, 0.29) is 6.10 Å². The number of ketones is 1. The minimum Gasteiger partial charge on any atom is -0.393 e. The van der Waals surface area contributed by atoms with E-state index in [9.17, 15) is 9.90 Å². The van der Waals surface area contributed by atoms with Crippen molar-refractivity contribution in [3.63, 3.8) is 0 Å². The number of hydrogen-bond acceptors (Lipinski definition) is 2. The van der Waals surface area contributed by atoms with E-state index in [4.69, 9.17) is 0 Å². The van der Waals surface area contributed by atoms with Crippen LogP contribution in [-0.2, 0) is 4.79 Å². The van der Waals surface area contributed by atoms with Gasteiger partial charge in [-0.3, -0.25) is 4.79 Å². The molecule has 1 fully saturated rings. The topological polar surface area (TPSA) is 37.3 Å². The highest BCUT2D eigenvalue weighted by atomic mass is 16.3. The number of carbonyl (C=O) groups is 1. The number of aliphatic hydroxyl groups is 1. The summed E-state index contributed by atoms with van der Waals surface area (Å²) in [5, 5.41) is 10.4. The monoisotopic (exact) mass is 268 g/mol. The van der Waals surface area contributed by atoms with Gasteiger partial charge in [0.2, 0.25) is 0 Å². The van der Waals surface area contributed by atoms with E-state index < -0.39 is 0 Å². The summed E-state index contributed by atoms with van der Waals surface area (Å²) >= 11 is 0. The predicted molar refractivity (Wildman–Crippen MR) is 80.1 cm³/mol. The lowest BCUT2D eigenvalue weighted by atomic mass is 9.78. The van der Waals surface area contributed by atoms with E-state index in [1.165, 1.54) is 32.1 Å². The molecule has 0 saturated heterocycles. The summed E-state index contributed by atoms with van der Waals surface area (Å²) in [6, 6.07) is 0. The van der Waals surface area contributed by atoms with Gasteiger partial charge in [0.25, 0.3) is 0 Å². The molecule has 0 bridgehead atoms. The first-order chi connectivity index (χ1) is 9.04. The fraction of sp³-hybridized carbons (Fsp3) is 0.941. The summed E-state index contributed by atoms with van der Waals surface area (Å²) in [5.74, 6) is 1.92. The molecule has 0 heterocycles. The molecule has 1 N–H and O–H groups in total. The van der Waals surface area contributed by atoms with Crippen molar-refractivity contribution in [3.8, 4) is 0 Å². The highest BCUT2D eigenvalue weighted by molar-refractivity contribution is 5.77. The second kappa shape index (κ2) is 8.73. The molecule has 0 aromatic rings. The van der Waals surface area contributed by atoms with Crippen molar-refractivity contribution in [2.75, 3.05) is 0 Å². The van der Waals surface area contributed by atoms with Gasteiger partial charge in [-0.2, -0.15) is 0 Å². The van der Waals surface area contributed by atoms with Crippen LogP contribution in [0.5, 0.6) is 0 Å². The number of rotatable bonds is 8. The van der Waals surface area contributed by atoms with E-state index in [0.717, 1.165) is 12.8 Å². The smallest absolute Gasteiger partial charge is 0.132 e. The first-order valence-electron chi connectivity index (χ1n) is 8.24. The zero-order chi connectivity index (χ0) is 14.3. The molecule has 0 spiro atoms. The Morgan fingerprint density at radius 1 is 1.21 bits per heavy atom. The van der Waals surface area contributed by atoms with E-state index in [1.807, 2.05) is 6.92 Å². The Hall–Kier alpha value is -0.370. The zero-order valence-corrected chi connectivity index (χ0v) is 13.0. The van der Waals surface area contributed by atoms with E-state index in [0.29, 0.717) is 36.4 Å². The SMILES string of the molecule is CCC(=O)CC[C@@H](CC(O)C1CCCCC1)C(C)C. The third-order valence-corrected chi connectivity index (χ3v) is 4.87. The molecule has 1 aliphatic carbocycles. The predicted octanol–water partition coefficient (Wildman–Crippen LogP) is 4.35. The Labute approximate surface area is 119 Å². The van der Waals surface area contributed by atoms with Crippen molar-refractivity contribution in [3.05, 3.63) is 0 Å². The lowest BCUT2D eigenvalue weighted by molar-refractivity contribution is -0.119. The van der Waals surface area contributed by atoms with Crippen LogP contribution in [0.25, 0.3) is 0 Å². The van der Waals surface area contributed by atoms with Crippen molar-refractivity contribution >= 4 is 5.78 Å². The lowest BCUT2D eigenvalue weighted by Gasteiger charge is -2.30. The molecule has 2 atom stereocenters. The molecule has 2 heteroatoms. The van der Waals surface area contributed by atoms with Gasteiger partial charge < -0.3 is 5.11 Å². The summed E-state index contributed by atoms with van der Waals surface area (Å²) in [6.07, 6.45) is 9.32. The first kappa shape index (κ1) is 16.7. The molecule has 0 aromatic heterocycles. The Kier molecular flexibility index (Phi) is 7.67. The van der Waals surface area contributed by atoms with Gasteiger partial charge in [-0.05, 0) is 43.4 Å². The molecule has 1 rings (SSSR count). The number of hydrogen-bond donors (Lipinski definition) is 1. The van der Waals surface area contributed by atoms with Gasteiger partial charge in [-0.15, -0.1) is 0 Å². The van der Waals surface area contributed by atoms with Crippen LogP contribution in [0.4, 0.5) is 0 Å². The highest BCUT2D eigenvalue weighted by Crippen LogP contribution is 2.32. The van der Waals surface area contributed by atoms with Crippen LogP contribution in [-0.4, -0.2) is 17.0 Å². The van der Waals surface area contributed by atoms with Crippen molar-refractivity contribution in [1.29, 1.82) is 0 Å². The highest BCUT2D eigenvalue weighted by Gasteiger charge is 2.26. The zero-order valence-electron chi connectivity index (χ0n) is 13.0. The summed E-state index contributed by atoms with van der Waals surface area (Å²) in [6.45, 7) is 6.37. The van der Waals surface area contributed by atoms with Crippen molar-refractivity contribution < 1.29 is 9.90 Å². The third kappa shape index (κ3) is 6.07. The van der Waals surface area contributed by atoms with Crippen LogP contribution < -0.4 is 0 Å². The van der Waals surface area contributed by atoms with Crippen molar-refractivity contribution in [2.45, 2.75) is 84.7 Å². The molecule has 0 radical (unpaired) electrons. The minimum absolute atomic E-state index is 0.149. The molecule has 1 saturated carbocycles. The van der Waals surface area contributed by atoms with Crippen molar-refractivity contribution in [1.82, 2.24) is 0 Å².